The van der Waals surface area contributed by atoms with Crippen LogP contribution in [0.1, 0.15) is 51.4 Å². The number of rotatable bonds is 4. The van der Waals surface area contributed by atoms with E-state index < -0.39 is 17.2 Å². The molecule has 0 atom stereocenters. The number of benzene rings is 2. The van der Waals surface area contributed by atoms with Crippen LogP contribution in [-0.2, 0) is 12.1 Å². The van der Waals surface area contributed by atoms with E-state index in [0.717, 1.165) is 52.9 Å². The molecular weight excluding hydrogens is 546 g/mol. The van der Waals surface area contributed by atoms with E-state index >= 15 is 0 Å². The fraction of sp³-hybridized carbons (Fsp3) is 0.310. The highest BCUT2D eigenvalue weighted by atomic mass is 79.9. The Kier molecular flexibility index (Phi) is 5.79. The maximum absolute atomic E-state index is 12.4. The molecule has 2 aliphatic rings. The highest BCUT2D eigenvalue weighted by Gasteiger charge is 2.50. The van der Waals surface area contributed by atoms with Crippen LogP contribution in [0.25, 0.3) is 28.1 Å². The van der Waals surface area contributed by atoms with E-state index in [9.17, 15) is 9.90 Å². The van der Waals surface area contributed by atoms with Gasteiger partial charge in [-0.3, -0.25) is 9.47 Å². The standard InChI is InChI=1S/C29H28BrN5O3/c1-28(2,3)35(27(36)37)29(14-7-15-29)20-12-10-19(11-13-20)24-21(18-8-5-4-6-9-18)16-22-25(31-24)38-17-23-32-33-26(30)34(22)23/h4-6,8-13,16H,7,14-15,17H2,1-3H3,(H,36,37). The molecule has 1 fully saturated rings. The molecular formula is C29H28BrN5O3. The number of carbonyl (C=O) groups is 1. The minimum absolute atomic E-state index is 0.280. The first kappa shape index (κ1) is 24.6. The lowest BCUT2D eigenvalue weighted by Gasteiger charge is -2.54. The van der Waals surface area contributed by atoms with Gasteiger partial charge in [0.25, 0.3) is 0 Å². The Morgan fingerprint density at radius 3 is 2.37 bits per heavy atom. The lowest BCUT2D eigenvalue weighted by Crippen LogP contribution is -2.60. The average Bonchev–Trinajstić information content (AvgIpc) is 3.26. The van der Waals surface area contributed by atoms with Crippen LogP contribution in [0.3, 0.4) is 0 Å². The Balaban J connectivity index is 1.47. The summed E-state index contributed by atoms with van der Waals surface area (Å²) in [6.07, 6.45) is 1.74. The van der Waals surface area contributed by atoms with Crippen LogP contribution >= 0.6 is 15.9 Å². The Bertz CT molecular complexity index is 1520. The molecule has 194 valence electrons. The van der Waals surface area contributed by atoms with Crippen molar-refractivity contribution in [3.8, 4) is 34.0 Å². The minimum atomic E-state index is -0.888. The zero-order valence-corrected chi connectivity index (χ0v) is 23.1. The largest absolute Gasteiger partial charge is 0.468 e. The van der Waals surface area contributed by atoms with E-state index in [2.05, 4.69) is 56.5 Å². The quantitative estimate of drug-likeness (QED) is 0.288. The van der Waals surface area contributed by atoms with Gasteiger partial charge in [0.05, 0.1) is 11.2 Å². The van der Waals surface area contributed by atoms with Gasteiger partial charge >= 0.3 is 6.09 Å². The first-order valence-electron chi connectivity index (χ1n) is 12.7. The summed E-state index contributed by atoms with van der Waals surface area (Å²) >= 11 is 3.50. The van der Waals surface area contributed by atoms with Crippen molar-refractivity contribution < 1.29 is 14.6 Å². The van der Waals surface area contributed by atoms with Crippen molar-refractivity contribution in [3.63, 3.8) is 0 Å². The summed E-state index contributed by atoms with van der Waals surface area (Å²) in [6.45, 7) is 6.15. The predicted octanol–water partition coefficient (Wildman–Crippen LogP) is 6.81. The number of hydrogen-bond donors (Lipinski definition) is 1. The van der Waals surface area contributed by atoms with Gasteiger partial charge in [-0.05, 0) is 73.2 Å². The SMILES string of the molecule is CC(C)(C)N(C(=O)O)C1(c2ccc(-c3nc4c(cc3-c3ccccc3)-n3c(Br)nnc3CO4)cc2)CCC1. The first-order valence-corrected chi connectivity index (χ1v) is 13.5. The maximum Gasteiger partial charge on any atom is 0.408 e. The van der Waals surface area contributed by atoms with Crippen molar-refractivity contribution in [1.29, 1.82) is 0 Å². The van der Waals surface area contributed by atoms with Crippen molar-refractivity contribution >= 4 is 22.0 Å². The molecule has 2 aromatic carbocycles. The number of hydrogen-bond acceptors (Lipinski definition) is 5. The van der Waals surface area contributed by atoms with Crippen molar-refractivity contribution in [3.05, 3.63) is 76.8 Å². The van der Waals surface area contributed by atoms with Gasteiger partial charge in [0.15, 0.2) is 12.4 Å². The molecule has 1 amide bonds. The summed E-state index contributed by atoms with van der Waals surface area (Å²) in [5.41, 5.74) is 4.46. The second-order valence-electron chi connectivity index (χ2n) is 10.8. The Labute approximate surface area is 229 Å². The number of carboxylic acid groups (broad SMARTS) is 1. The van der Waals surface area contributed by atoms with E-state index in [-0.39, 0.29) is 6.61 Å². The monoisotopic (exact) mass is 573 g/mol. The van der Waals surface area contributed by atoms with Gasteiger partial charge in [-0.1, -0.05) is 54.6 Å². The second-order valence-corrected chi connectivity index (χ2v) is 11.5. The van der Waals surface area contributed by atoms with E-state index in [1.807, 2.05) is 55.7 Å². The third kappa shape index (κ3) is 3.88. The number of amides is 1. The van der Waals surface area contributed by atoms with Gasteiger partial charge in [-0.25, -0.2) is 9.78 Å². The molecule has 0 bridgehead atoms. The van der Waals surface area contributed by atoms with E-state index in [1.54, 1.807) is 4.90 Å². The van der Waals surface area contributed by atoms with Crippen LogP contribution in [0.2, 0.25) is 0 Å². The molecule has 8 nitrogen and oxygen atoms in total. The van der Waals surface area contributed by atoms with Crippen molar-refractivity contribution in [2.75, 3.05) is 0 Å². The summed E-state index contributed by atoms with van der Waals surface area (Å²) in [5, 5.41) is 18.5. The van der Waals surface area contributed by atoms with Crippen molar-refractivity contribution in [1.82, 2.24) is 24.6 Å². The van der Waals surface area contributed by atoms with Crippen LogP contribution in [0, 0.1) is 0 Å². The Morgan fingerprint density at radius 2 is 1.76 bits per heavy atom. The normalized spacial score (nSPS) is 15.6. The van der Waals surface area contributed by atoms with E-state index in [4.69, 9.17) is 9.72 Å². The van der Waals surface area contributed by atoms with Gasteiger partial charge in [0, 0.05) is 16.7 Å². The van der Waals surface area contributed by atoms with Crippen LogP contribution in [-0.4, -0.2) is 41.4 Å². The molecule has 0 saturated heterocycles. The van der Waals surface area contributed by atoms with Gasteiger partial charge in [-0.15, -0.1) is 10.2 Å². The van der Waals surface area contributed by atoms with Crippen molar-refractivity contribution in [2.45, 2.75) is 57.7 Å². The lowest BCUT2D eigenvalue weighted by atomic mass is 9.69. The molecule has 1 saturated carbocycles. The molecule has 0 radical (unpaired) electrons. The summed E-state index contributed by atoms with van der Waals surface area (Å²) in [7, 11) is 0. The van der Waals surface area contributed by atoms with Crippen LogP contribution in [0.15, 0.2) is 65.4 Å². The van der Waals surface area contributed by atoms with Crippen LogP contribution in [0.5, 0.6) is 5.88 Å². The number of aromatic nitrogens is 4. The molecule has 38 heavy (non-hydrogen) atoms. The van der Waals surface area contributed by atoms with Gasteiger partial charge < -0.3 is 9.84 Å². The smallest absolute Gasteiger partial charge is 0.408 e. The van der Waals surface area contributed by atoms with Gasteiger partial charge in [-0.2, -0.15) is 0 Å². The minimum Gasteiger partial charge on any atom is -0.468 e. The lowest BCUT2D eigenvalue weighted by molar-refractivity contribution is -0.0328. The molecule has 2 aromatic heterocycles. The molecule has 1 aliphatic carbocycles. The molecule has 0 spiro atoms. The topological polar surface area (TPSA) is 93.4 Å². The van der Waals surface area contributed by atoms with Crippen LogP contribution < -0.4 is 4.74 Å². The average molecular weight is 574 g/mol. The fourth-order valence-corrected chi connectivity index (χ4v) is 6.25. The summed E-state index contributed by atoms with van der Waals surface area (Å²) in [6, 6.07) is 20.4. The van der Waals surface area contributed by atoms with Crippen LogP contribution in [0.4, 0.5) is 4.79 Å². The second kappa shape index (κ2) is 8.94. The maximum atomic E-state index is 12.4. The fourth-order valence-electron chi connectivity index (χ4n) is 5.77. The van der Waals surface area contributed by atoms with Gasteiger partial charge in [0.2, 0.25) is 10.6 Å². The van der Waals surface area contributed by atoms with Gasteiger partial charge in [0.1, 0.15) is 5.69 Å². The first-order chi connectivity index (χ1) is 18.2. The molecule has 1 aliphatic heterocycles. The predicted molar refractivity (Wildman–Crippen MR) is 147 cm³/mol. The summed E-state index contributed by atoms with van der Waals surface area (Å²) in [5.74, 6) is 1.21. The molecule has 1 N–H and O–H groups in total. The molecule has 3 heterocycles. The molecule has 0 unspecified atom stereocenters. The summed E-state index contributed by atoms with van der Waals surface area (Å²) < 4.78 is 8.50. The third-order valence-electron chi connectivity index (χ3n) is 7.49. The Hall–Kier alpha value is -3.72. The van der Waals surface area contributed by atoms with E-state index in [0.29, 0.717) is 16.4 Å². The summed E-state index contributed by atoms with van der Waals surface area (Å²) in [4.78, 5) is 19.0. The molecule has 6 rings (SSSR count). The number of ether oxygens (including phenoxy) is 1. The highest BCUT2D eigenvalue weighted by molar-refractivity contribution is 9.10. The number of fused-ring (bicyclic) bond motifs is 3. The van der Waals surface area contributed by atoms with Crippen molar-refractivity contribution in [2.24, 2.45) is 0 Å². The highest BCUT2D eigenvalue weighted by Crippen LogP contribution is 2.50. The Morgan fingerprint density at radius 1 is 1.05 bits per heavy atom. The molecule has 4 aromatic rings. The zero-order chi connectivity index (χ0) is 26.7. The number of nitrogens with zero attached hydrogens (tertiary/aromatic N) is 5. The third-order valence-corrected chi connectivity index (χ3v) is 8.00. The van der Waals surface area contributed by atoms with E-state index in [1.165, 1.54) is 0 Å². The number of halogens is 1. The molecule has 9 heteroatoms. The number of pyridine rings is 1. The zero-order valence-electron chi connectivity index (χ0n) is 21.5.